The molecule has 0 spiro atoms. The highest BCUT2D eigenvalue weighted by Crippen LogP contribution is 2.26. The van der Waals surface area contributed by atoms with Gasteiger partial charge in [0.1, 0.15) is 5.15 Å². The van der Waals surface area contributed by atoms with Gasteiger partial charge in [0, 0.05) is 5.39 Å². The van der Waals surface area contributed by atoms with Gasteiger partial charge in [0.15, 0.2) is 0 Å². The molecule has 1 heterocycles. The number of benzene rings is 1. The van der Waals surface area contributed by atoms with Gasteiger partial charge in [0.05, 0.1) is 10.5 Å². The Bertz CT molecular complexity index is 470. The van der Waals surface area contributed by atoms with Gasteiger partial charge in [-0.25, -0.2) is 9.97 Å². The maximum absolute atomic E-state index is 5.89. The third kappa shape index (κ3) is 1.57. The van der Waals surface area contributed by atoms with E-state index in [4.69, 9.17) is 34.8 Å². The summed E-state index contributed by atoms with van der Waals surface area (Å²) in [6.45, 7) is 0. The minimum Gasteiger partial charge on any atom is -0.216 e. The highest BCUT2D eigenvalue weighted by molar-refractivity contribution is 6.39. The fourth-order valence-electron chi connectivity index (χ4n) is 1.05. The molecular formula is C8H3Cl3N2. The van der Waals surface area contributed by atoms with Crippen molar-refractivity contribution in [1.29, 1.82) is 0 Å². The lowest BCUT2D eigenvalue weighted by Gasteiger charge is -2.00. The molecule has 2 aromatic rings. The quantitative estimate of drug-likeness (QED) is 0.513. The largest absolute Gasteiger partial charge is 0.224 e. The molecule has 0 fully saturated rings. The molecule has 0 saturated carbocycles. The van der Waals surface area contributed by atoms with E-state index in [1.807, 2.05) is 0 Å². The van der Waals surface area contributed by atoms with Crippen molar-refractivity contribution in [2.45, 2.75) is 0 Å². The third-order valence-electron chi connectivity index (χ3n) is 1.60. The summed E-state index contributed by atoms with van der Waals surface area (Å²) >= 11 is 17.4. The van der Waals surface area contributed by atoms with Crippen molar-refractivity contribution >= 4 is 45.7 Å². The zero-order valence-electron chi connectivity index (χ0n) is 6.26. The summed E-state index contributed by atoms with van der Waals surface area (Å²) in [7, 11) is 0. The van der Waals surface area contributed by atoms with E-state index in [0.717, 1.165) is 0 Å². The molecule has 5 heteroatoms. The summed E-state index contributed by atoms with van der Waals surface area (Å²) in [5.74, 6) is 0. The Morgan fingerprint density at radius 3 is 2.54 bits per heavy atom. The van der Waals surface area contributed by atoms with Crippen molar-refractivity contribution in [2.75, 3.05) is 0 Å². The van der Waals surface area contributed by atoms with E-state index in [9.17, 15) is 0 Å². The van der Waals surface area contributed by atoms with Crippen LogP contribution in [0.2, 0.25) is 15.5 Å². The Labute approximate surface area is 89.5 Å². The fourth-order valence-corrected chi connectivity index (χ4v) is 1.72. The van der Waals surface area contributed by atoms with E-state index in [1.54, 1.807) is 18.2 Å². The molecule has 0 bridgehead atoms. The van der Waals surface area contributed by atoms with Gasteiger partial charge < -0.3 is 0 Å². The van der Waals surface area contributed by atoms with Gasteiger partial charge in [-0.3, -0.25) is 0 Å². The second kappa shape index (κ2) is 3.29. The van der Waals surface area contributed by atoms with Crippen LogP contribution >= 0.6 is 34.8 Å². The SMILES string of the molecule is Clc1nc(Cl)c2cccc(Cl)c2n1. The second-order valence-corrected chi connectivity index (χ2v) is 3.52. The highest BCUT2D eigenvalue weighted by Gasteiger charge is 2.06. The van der Waals surface area contributed by atoms with E-state index < -0.39 is 0 Å². The molecule has 0 aliphatic heterocycles. The van der Waals surface area contributed by atoms with Crippen LogP contribution in [0.4, 0.5) is 0 Å². The lowest BCUT2D eigenvalue weighted by molar-refractivity contribution is 1.22. The average molecular weight is 233 g/mol. The Morgan fingerprint density at radius 1 is 1.00 bits per heavy atom. The minimum absolute atomic E-state index is 0.102. The molecule has 66 valence electrons. The van der Waals surface area contributed by atoms with Crippen LogP contribution in [0.3, 0.4) is 0 Å². The number of rotatable bonds is 0. The molecule has 0 saturated heterocycles. The Morgan fingerprint density at radius 2 is 1.77 bits per heavy atom. The molecule has 13 heavy (non-hydrogen) atoms. The predicted molar refractivity (Wildman–Crippen MR) is 54.6 cm³/mol. The van der Waals surface area contributed by atoms with Gasteiger partial charge >= 0.3 is 0 Å². The first-order valence-electron chi connectivity index (χ1n) is 3.46. The normalized spacial score (nSPS) is 10.7. The topological polar surface area (TPSA) is 25.8 Å². The van der Waals surface area contributed by atoms with Crippen molar-refractivity contribution in [2.24, 2.45) is 0 Å². The van der Waals surface area contributed by atoms with E-state index in [0.29, 0.717) is 21.1 Å². The van der Waals surface area contributed by atoms with Gasteiger partial charge in [-0.1, -0.05) is 29.3 Å². The molecule has 1 aromatic carbocycles. The van der Waals surface area contributed by atoms with Crippen molar-refractivity contribution in [3.8, 4) is 0 Å². The highest BCUT2D eigenvalue weighted by atomic mass is 35.5. The van der Waals surface area contributed by atoms with Gasteiger partial charge in [0.25, 0.3) is 0 Å². The predicted octanol–water partition coefficient (Wildman–Crippen LogP) is 3.59. The van der Waals surface area contributed by atoms with Gasteiger partial charge in [-0.2, -0.15) is 0 Å². The van der Waals surface area contributed by atoms with Crippen molar-refractivity contribution in [3.05, 3.63) is 33.7 Å². The summed E-state index contributed by atoms with van der Waals surface area (Å²) in [4.78, 5) is 7.78. The molecule has 0 aliphatic carbocycles. The van der Waals surface area contributed by atoms with Gasteiger partial charge in [-0.05, 0) is 23.7 Å². The van der Waals surface area contributed by atoms with Gasteiger partial charge in [-0.15, -0.1) is 0 Å². The van der Waals surface area contributed by atoms with Crippen LogP contribution in [-0.4, -0.2) is 9.97 Å². The first kappa shape index (κ1) is 9.00. The average Bonchev–Trinajstić information content (AvgIpc) is 2.07. The standard InChI is InChI=1S/C8H3Cl3N2/c9-5-3-1-2-4-6(5)12-8(11)13-7(4)10/h1-3H. The van der Waals surface area contributed by atoms with E-state index >= 15 is 0 Å². The molecular weight excluding hydrogens is 230 g/mol. The van der Waals surface area contributed by atoms with E-state index in [-0.39, 0.29) is 5.28 Å². The summed E-state index contributed by atoms with van der Waals surface area (Å²) in [5.41, 5.74) is 0.578. The molecule has 0 atom stereocenters. The monoisotopic (exact) mass is 232 g/mol. The summed E-state index contributed by atoms with van der Waals surface area (Å²) in [6, 6.07) is 5.30. The van der Waals surface area contributed by atoms with Crippen molar-refractivity contribution in [1.82, 2.24) is 9.97 Å². The van der Waals surface area contributed by atoms with Crippen LogP contribution in [0, 0.1) is 0 Å². The first-order chi connectivity index (χ1) is 6.18. The number of hydrogen-bond acceptors (Lipinski definition) is 2. The Hall–Kier alpha value is -0.570. The number of para-hydroxylation sites is 1. The molecule has 2 nitrogen and oxygen atoms in total. The number of halogens is 3. The molecule has 1 aromatic heterocycles. The number of nitrogens with zero attached hydrogens (tertiary/aromatic N) is 2. The number of fused-ring (bicyclic) bond motifs is 1. The van der Waals surface area contributed by atoms with Crippen molar-refractivity contribution in [3.63, 3.8) is 0 Å². The van der Waals surface area contributed by atoms with Crippen LogP contribution in [0.5, 0.6) is 0 Å². The molecule has 0 aliphatic rings. The number of aromatic nitrogens is 2. The fraction of sp³-hybridized carbons (Fsp3) is 0. The van der Waals surface area contributed by atoms with E-state index in [1.165, 1.54) is 0 Å². The molecule has 0 radical (unpaired) electrons. The van der Waals surface area contributed by atoms with Crippen LogP contribution < -0.4 is 0 Å². The van der Waals surface area contributed by atoms with Crippen LogP contribution in [0.1, 0.15) is 0 Å². The zero-order chi connectivity index (χ0) is 9.42. The zero-order valence-corrected chi connectivity index (χ0v) is 8.53. The molecule has 2 rings (SSSR count). The van der Waals surface area contributed by atoms with Crippen LogP contribution in [0.15, 0.2) is 18.2 Å². The van der Waals surface area contributed by atoms with Crippen LogP contribution in [0.25, 0.3) is 10.9 Å². The van der Waals surface area contributed by atoms with E-state index in [2.05, 4.69) is 9.97 Å². The summed E-state index contributed by atoms with van der Waals surface area (Å²) in [6.07, 6.45) is 0. The van der Waals surface area contributed by atoms with Crippen molar-refractivity contribution < 1.29 is 0 Å². The lowest BCUT2D eigenvalue weighted by atomic mass is 10.2. The Balaban J connectivity index is 2.94. The second-order valence-electron chi connectivity index (χ2n) is 2.42. The third-order valence-corrected chi connectivity index (χ3v) is 2.37. The Kier molecular flexibility index (Phi) is 2.28. The summed E-state index contributed by atoms with van der Waals surface area (Å²) in [5, 5.41) is 1.64. The maximum atomic E-state index is 5.89. The smallest absolute Gasteiger partial charge is 0.216 e. The molecule has 0 N–H and O–H groups in total. The van der Waals surface area contributed by atoms with Gasteiger partial charge in [0.2, 0.25) is 5.28 Å². The van der Waals surface area contributed by atoms with Crippen LogP contribution in [-0.2, 0) is 0 Å². The molecule has 0 unspecified atom stereocenters. The summed E-state index contributed by atoms with van der Waals surface area (Å²) < 4.78 is 0. The molecule has 0 amide bonds. The first-order valence-corrected chi connectivity index (χ1v) is 4.59. The number of hydrogen-bond donors (Lipinski definition) is 0. The minimum atomic E-state index is 0.102. The maximum Gasteiger partial charge on any atom is 0.224 e. The lowest BCUT2D eigenvalue weighted by Crippen LogP contribution is -1.86.